The summed E-state index contributed by atoms with van der Waals surface area (Å²) in [6.45, 7) is 6.00. The van der Waals surface area contributed by atoms with Crippen molar-refractivity contribution in [2.75, 3.05) is 39.3 Å². The van der Waals surface area contributed by atoms with Crippen LogP contribution in [0.25, 0.3) is 10.9 Å². The molecule has 21 heavy (non-hydrogen) atoms. The molecule has 0 bridgehead atoms. The number of nitrogens with zero attached hydrogens (tertiary/aromatic N) is 2. The molecule has 0 saturated carbocycles. The van der Waals surface area contributed by atoms with Crippen molar-refractivity contribution in [3.8, 4) is 0 Å². The van der Waals surface area contributed by atoms with Gasteiger partial charge in [-0.3, -0.25) is 9.69 Å². The first-order valence-corrected chi connectivity index (χ1v) is 7.39. The van der Waals surface area contributed by atoms with Crippen molar-refractivity contribution in [1.29, 1.82) is 0 Å². The highest BCUT2D eigenvalue weighted by molar-refractivity contribution is 5.98. The molecule has 5 nitrogen and oxygen atoms in total. The van der Waals surface area contributed by atoms with E-state index >= 15 is 0 Å². The fourth-order valence-electron chi connectivity index (χ4n) is 2.85. The summed E-state index contributed by atoms with van der Waals surface area (Å²) in [6.07, 6.45) is 0. The Morgan fingerprint density at radius 2 is 2.00 bits per heavy atom. The Labute approximate surface area is 124 Å². The van der Waals surface area contributed by atoms with Gasteiger partial charge in [-0.15, -0.1) is 0 Å². The van der Waals surface area contributed by atoms with Crippen LogP contribution in [-0.4, -0.2) is 65.1 Å². The molecule has 1 aliphatic heterocycles. The summed E-state index contributed by atoms with van der Waals surface area (Å²) in [5, 5.41) is 10.0. The van der Waals surface area contributed by atoms with Crippen molar-refractivity contribution in [3.05, 3.63) is 35.5 Å². The number of hydrogen-bond acceptors (Lipinski definition) is 3. The van der Waals surface area contributed by atoms with Crippen LogP contribution in [0.4, 0.5) is 0 Å². The van der Waals surface area contributed by atoms with Crippen molar-refractivity contribution < 1.29 is 9.90 Å². The van der Waals surface area contributed by atoms with E-state index < -0.39 is 0 Å². The molecule has 2 heterocycles. The molecule has 2 N–H and O–H groups in total. The highest BCUT2D eigenvalue weighted by Crippen LogP contribution is 2.18. The summed E-state index contributed by atoms with van der Waals surface area (Å²) in [7, 11) is 0. The van der Waals surface area contributed by atoms with Gasteiger partial charge >= 0.3 is 0 Å². The number of carbonyl (C=O) groups excluding carboxylic acids is 1. The molecule has 0 atom stereocenters. The van der Waals surface area contributed by atoms with Crippen molar-refractivity contribution >= 4 is 16.8 Å². The van der Waals surface area contributed by atoms with Crippen LogP contribution < -0.4 is 0 Å². The maximum absolute atomic E-state index is 12.5. The molecule has 1 aromatic heterocycles. The number of amides is 1. The van der Waals surface area contributed by atoms with E-state index in [-0.39, 0.29) is 12.5 Å². The lowest BCUT2D eigenvalue weighted by Crippen LogP contribution is -2.49. The number of carbonyl (C=O) groups is 1. The van der Waals surface area contributed by atoms with Gasteiger partial charge in [0.25, 0.3) is 5.91 Å². The zero-order valence-electron chi connectivity index (χ0n) is 12.3. The third-order valence-corrected chi connectivity index (χ3v) is 4.08. The molecule has 1 saturated heterocycles. The first kappa shape index (κ1) is 14.1. The minimum atomic E-state index is 0.0625. The second-order valence-corrected chi connectivity index (χ2v) is 5.63. The topological polar surface area (TPSA) is 59.6 Å². The molecule has 5 heteroatoms. The van der Waals surface area contributed by atoms with Crippen molar-refractivity contribution in [3.63, 3.8) is 0 Å². The van der Waals surface area contributed by atoms with Gasteiger partial charge in [-0.1, -0.05) is 11.6 Å². The molecule has 0 radical (unpaired) electrons. The molecule has 1 amide bonds. The van der Waals surface area contributed by atoms with E-state index in [9.17, 15) is 4.79 Å². The molecule has 2 aromatic rings. The number of hydrogen-bond donors (Lipinski definition) is 2. The number of nitrogens with one attached hydrogen (secondary N) is 1. The van der Waals surface area contributed by atoms with Crippen molar-refractivity contribution in [2.45, 2.75) is 6.92 Å². The van der Waals surface area contributed by atoms with Crippen LogP contribution in [0.15, 0.2) is 24.3 Å². The standard InChI is InChI=1S/C16H21N3O2/c1-12-2-3-14-13(10-12)11-15(17-14)16(21)19-6-4-18(5-7-19)8-9-20/h2-3,10-11,17,20H,4-9H2,1H3. The summed E-state index contributed by atoms with van der Waals surface area (Å²) in [5.74, 6) is 0.0625. The maximum Gasteiger partial charge on any atom is 0.270 e. The fraction of sp³-hybridized carbons (Fsp3) is 0.438. The minimum absolute atomic E-state index is 0.0625. The lowest BCUT2D eigenvalue weighted by molar-refractivity contribution is 0.0610. The molecule has 1 aliphatic rings. The van der Waals surface area contributed by atoms with Gasteiger partial charge in [0.15, 0.2) is 0 Å². The number of aliphatic hydroxyl groups excluding tert-OH is 1. The first-order chi connectivity index (χ1) is 10.2. The lowest BCUT2D eigenvalue weighted by Gasteiger charge is -2.34. The summed E-state index contributed by atoms with van der Waals surface area (Å²) < 4.78 is 0. The maximum atomic E-state index is 12.5. The Hall–Kier alpha value is -1.85. The number of aryl methyl sites for hydroxylation is 1. The normalized spacial score (nSPS) is 16.6. The average Bonchev–Trinajstić information content (AvgIpc) is 2.90. The Bertz CT molecular complexity index is 642. The molecular formula is C16H21N3O2. The van der Waals surface area contributed by atoms with Crippen LogP contribution in [0.5, 0.6) is 0 Å². The zero-order valence-corrected chi connectivity index (χ0v) is 12.3. The van der Waals surface area contributed by atoms with E-state index in [1.807, 2.05) is 30.0 Å². The van der Waals surface area contributed by atoms with Crippen LogP contribution in [-0.2, 0) is 0 Å². The highest BCUT2D eigenvalue weighted by atomic mass is 16.3. The SMILES string of the molecule is Cc1ccc2[nH]c(C(=O)N3CCN(CCO)CC3)cc2c1. The van der Waals surface area contributed by atoms with Gasteiger partial charge in [0, 0.05) is 43.6 Å². The van der Waals surface area contributed by atoms with Crippen molar-refractivity contribution in [2.24, 2.45) is 0 Å². The van der Waals surface area contributed by atoms with E-state index in [2.05, 4.69) is 16.0 Å². The monoisotopic (exact) mass is 287 g/mol. The smallest absolute Gasteiger partial charge is 0.270 e. The van der Waals surface area contributed by atoms with Crippen LogP contribution >= 0.6 is 0 Å². The highest BCUT2D eigenvalue weighted by Gasteiger charge is 2.22. The number of β-amino-alcohol motifs (C(OH)–C–C–N with tert-alkyl or cyclic N) is 1. The quantitative estimate of drug-likeness (QED) is 0.892. The fourth-order valence-corrected chi connectivity index (χ4v) is 2.85. The zero-order chi connectivity index (χ0) is 14.8. The van der Waals surface area contributed by atoms with Crippen LogP contribution in [0.1, 0.15) is 16.1 Å². The molecule has 0 spiro atoms. The van der Waals surface area contributed by atoms with Gasteiger partial charge in [-0.05, 0) is 25.1 Å². The summed E-state index contributed by atoms with van der Waals surface area (Å²) >= 11 is 0. The molecule has 1 fully saturated rings. The van der Waals surface area contributed by atoms with Crippen LogP contribution in [0, 0.1) is 6.92 Å². The molecule has 3 rings (SSSR count). The van der Waals surface area contributed by atoms with E-state index in [0.717, 1.165) is 24.0 Å². The predicted octanol–water partition coefficient (Wildman–Crippen LogP) is 1.23. The third kappa shape index (κ3) is 2.94. The summed E-state index contributed by atoms with van der Waals surface area (Å²) in [4.78, 5) is 19.8. The molecule has 0 unspecified atom stereocenters. The Kier molecular flexibility index (Phi) is 3.94. The van der Waals surface area contributed by atoms with Gasteiger partial charge in [-0.25, -0.2) is 0 Å². The molecular weight excluding hydrogens is 266 g/mol. The van der Waals surface area contributed by atoms with E-state index in [4.69, 9.17) is 5.11 Å². The third-order valence-electron chi connectivity index (χ3n) is 4.08. The number of aromatic amines is 1. The number of piperazine rings is 1. The number of benzene rings is 1. The second-order valence-electron chi connectivity index (χ2n) is 5.63. The van der Waals surface area contributed by atoms with E-state index in [1.165, 1.54) is 5.56 Å². The van der Waals surface area contributed by atoms with Crippen molar-refractivity contribution in [1.82, 2.24) is 14.8 Å². The summed E-state index contributed by atoms with van der Waals surface area (Å²) in [5.41, 5.74) is 2.85. The lowest BCUT2D eigenvalue weighted by atomic mass is 10.2. The van der Waals surface area contributed by atoms with Gasteiger partial charge < -0.3 is 15.0 Å². The number of H-pyrrole nitrogens is 1. The molecule has 0 aliphatic carbocycles. The van der Waals surface area contributed by atoms with E-state index in [0.29, 0.717) is 25.3 Å². The van der Waals surface area contributed by atoms with E-state index in [1.54, 1.807) is 0 Å². The molecule has 112 valence electrons. The largest absolute Gasteiger partial charge is 0.395 e. The van der Waals surface area contributed by atoms with Crippen LogP contribution in [0.3, 0.4) is 0 Å². The number of fused-ring (bicyclic) bond motifs is 1. The minimum Gasteiger partial charge on any atom is -0.395 e. The Morgan fingerprint density at radius 3 is 2.71 bits per heavy atom. The van der Waals surface area contributed by atoms with Gasteiger partial charge in [0.2, 0.25) is 0 Å². The Balaban J connectivity index is 1.72. The average molecular weight is 287 g/mol. The van der Waals surface area contributed by atoms with Crippen LogP contribution in [0.2, 0.25) is 0 Å². The number of rotatable bonds is 3. The van der Waals surface area contributed by atoms with Gasteiger partial charge in [0.1, 0.15) is 5.69 Å². The van der Waals surface area contributed by atoms with Gasteiger partial charge in [-0.2, -0.15) is 0 Å². The van der Waals surface area contributed by atoms with Gasteiger partial charge in [0.05, 0.1) is 6.61 Å². The predicted molar refractivity (Wildman–Crippen MR) is 82.5 cm³/mol. The number of aromatic nitrogens is 1. The summed E-state index contributed by atoms with van der Waals surface area (Å²) in [6, 6.07) is 8.08. The first-order valence-electron chi connectivity index (χ1n) is 7.39. The Morgan fingerprint density at radius 1 is 1.24 bits per heavy atom. The molecule has 1 aromatic carbocycles. The number of aliphatic hydroxyl groups is 1. The second kappa shape index (κ2) is 5.87.